The maximum Gasteiger partial charge on any atom is 0.340 e. The molecule has 1 aromatic heterocycles. The second-order valence-corrected chi connectivity index (χ2v) is 5.47. The second-order valence-electron chi connectivity index (χ2n) is 5.47. The lowest BCUT2D eigenvalue weighted by atomic mass is 10.2. The Labute approximate surface area is 156 Å². The summed E-state index contributed by atoms with van der Waals surface area (Å²) in [6.07, 6.45) is 1.60. The van der Waals surface area contributed by atoms with E-state index in [0.717, 1.165) is 0 Å². The Morgan fingerprint density at radius 2 is 2.00 bits per heavy atom. The van der Waals surface area contributed by atoms with Gasteiger partial charge in [0.25, 0.3) is 0 Å². The average Bonchev–Trinajstić information content (AvgIpc) is 2.69. The molecular formula is C20H17N5O2. The normalized spacial score (nSPS) is 9.93. The van der Waals surface area contributed by atoms with Crippen molar-refractivity contribution in [3.8, 4) is 6.07 Å². The van der Waals surface area contributed by atoms with Gasteiger partial charge in [-0.05, 0) is 43.3 Å². The van der Waals surface area contributed by atoms with Crippen molar-refractivity contribution < 1.29 is 9.53 Å². The van der Waals surface area contributed by atoms with Crippen LogP contribution >= 0.6 is 0 Å². The molecule has 0 saturated carbocycles. The van der Waals surface area contributed by atoms with Gasteiger partial charge in [-0.15, -0.1) is 0 Å². The van der Waals surface area contributed by atoms with E-state index in [4.69, 9.17) is 10.00 Å². The van der Waals surface area contributed by atoms with E-state index < -0.39 is 5.97 Å². The van der Waals surface area contributed by atoms with Crippen molar-refractivity contribution in [1.82, 2.24) is 9.97 Å². The third-order valence-electron chi connectivity index (χ3n) is 3.59. The molecule has 0 spiro atoms. The molecule has 1 heterocycles. The summed E-state index contributed by atoms with van der Waals surface area (Å²) < 4.78 is 5.08. The summed E-state index contributed by atoms with van der Waals surface area (Å²) in [5, 5.41) is 15.2. The molecular weight excluding hydrogens is 342 g/mol. The highest BCUT2D eigenvalue weighted by Crippen LogP contribution is 2.22. The van der Waals surface area contributed by atoms with Gasteiger partial charge >= 0.3 is 5.97 Å². The van der Waals surface area contributed by atoms with Gasteiger partial charge in [0.1, 0.15) is 5.82 Å². The maximum absolute atomic E-state index is 12.1. The molecule has 0 radical (unpaired) electrons. The fourth-order valence-corrected chi connectivity index (χ4v) is 2.40. The van der Waals surface area contributed by atoms with Crippen LogP contribution in [0.4, 0.5) is 23.1 Å². The lowest BCUT2D eigenvalue weighted by Crippen LogP contribution is -2.08. The number of aromatic nitrogens is 2. The monoisotopic (exact) mass is 359 g/mol. The first-order valence-corrected chi connectivity index (χ1v) is 8.33. The van der Waals surface area contributed by atoms with E-state index in [2.05, 4.69) is 26.7 Å². The van der Waals surface area contributed by atoms with Gasteiger partial charge in [0.15, 0.2) is 0 Å². The summed E-state index contributed by atoms with van der Waals surface area (Å²) in [6.45, 7) is 2.06. The van der Waals surface area contributed by atoms with Crippen LogP contribution in [0.1, 0.15) is 22.8 Å². The number of ether oxygens (including phenoxy) is 1. The molecule has 0 aliphatic rings. The van der Waals surface area contributed by atoms with Crippen LogP contribution < -0.4 is 10.6 Å². The number of carbonyl (C=O) groups excluding carboxylic acids is 1. The van der Waals surface area contributed by atoms with Crippen LogP contribution in [0.5, 0.6) is 0 Å². The third kappa shape index (κ3) is 4.58. The number of carbonyl (C=O) groups is 1. The van der Waals surface area contributed by atoms with Gasteiger partial charge in [-0.25, -0.2) is 9.78 Å². The van der Waals surface area contributed by atoms with Gasteiger partial charge in [0.05, 0.1) is 29.5 Å². The second kappa shape index (κ2) is 8.45. The molecule has 0 fully saturated rings. The largest absolute Gasteiger partial charge is 0.462 e. The Kier molecular flexibility index (Phi) is 5.60. The Bertz CT molecular complexity index is 997. The van der Waals surface area contributed by atoms with Gasteiger partial charge < -0.3 is 15.4 Å². The van der Waals surface area contributed by atoms with E-state index in [0.29, 0.717) is 40.9 Å². The zero-order valence-corrected chi connectivity index (χ0v) is 14.6. The molecule has 0 saturated heterocycles. The first-order chi connectivity index (χ1) is 13.2. The van der Waals surface area contributed by atoms with Crippen molar-refractivity contribution in [2.75, 3.05) is 17.2 Å². The Morgan fingerprint density at radius 3 is 2.81 bits per heavy atom. The highest BCUT2D eigenvalue weighted by Gasteiger charge is 2.12. The summed E-state index contributed by atoms with van der Waals surface area (Å²) in [6, 6.07) is 17.9. The topological polar surface area (TPSA) is 99.9 Å². The molecule has 27 heavy (non-hydrogen) atoms. The number of esters is 1. The predicted molar refractivity (Wildman–Crippen MR) is 102 cm³/mol. The quantitative estimate of drug-likeness (QED) is 0.641. The molecule has 3 aromatic rings. The molecule has 0 unspecified atom stereocenters. The fourth-order valence-electron chi connectivity index (χ4n) is 2.40. The number of nitriles is 1. The van der Waals surface area contributed by atoms with Gasteiger partial charge in [-0.1, -0.05) is 18.2 Å². The summed E-state index contributed by atoms with van der Waals surface area (Å²) >= 11 is 0. The van der Waals surface area contributed by atoms with Gasteiger partial charge in [0, 0.05) is 11.9 Å². The molecule has 134 valence electrons. The zero-order chi connectivity index (χ0) is 19.1. The Balaban J connectivity index is 1.81. The minimum Gasteiger partial charge on any atom is -0.462 e. The molecule has 2 N–H and O–H groups in total. The van der Waals surface area contributed by atoms with Crippen LogP contribution in [-0.4, -0.2) is 22.5 Å². The van der Waals surface area contributed by atoms with Crippen molar-refractivity contribution in [1.29, 1.82) is 5.26 Å². The van der Waals surface area contributed by atoms with Gasteiger partial charge in [-0.3, -0.25) is 0 Å². The van der Waals surface area contributed by atoms with Crippen molar-refractivity contribution in [3.63, 3.8) is 0 Å². The van der Waals surface area contributed by atoms with Crippen LogP contribution in [-0.2, 0) is 4.74 Å². The van der Waals surface area contributed by atoms with Crippen molar-refractivity contribution in [3.05, 3.63) is 71.9 Å². The number of rotatable bonds is 6. The fraction of sp³-hybridized carbons (Fsp3) is 0.100. The van der Waals surface area contributed by atoms with Gasteiger partial charge in [0.2, 0.25) is 5.95 Å². The lowest BCUT2D eigenvalue weighted by molar-refractivity contribution is 0.0527. The lowest BCUT2D eigenvalue weighted by Gasteiger charge is -2.11. The molecule has 0 atom stereocenters. The maximum atomic E-state index is 12.1. The molecule has 7 nitrogen and oxygen atoms in total. The number of benzene rings is 2. The molecule has 0 bridgehead atoms. The smallest absolute Gasteiger partial charge is 0.340 e. The van der Waals surface area contributed by atoms with Gasteiger partial charge in [-0.2, -0.15) is 10.2 Å². The molecule has 2 aromatic carbocycles. The first-order valence-electron chi connectivity index (χ1n) is 8.33. The van der Waals surface area contributed by atoms with E-state index in [-0.39, 0.29) is 0 Å². The van der Waals surface area contributed by atoms with E-state index >= 15 is 0 Å². The third-order valence-corrected chi connectivity index (χ3v) is 3.59. The number of nitrogens with one attached hydrogen (secondary N) is 2. The Hall–Kier alpha value is -3.92. The van der Waals surface area contributed by atoms with Crippen LogP contribution in [0.3, 0.4) is 0 Å². The van der Waals surface area contributed by atoms with Crippen molar-refractivity contribution >= 4 is 29.1 Å². The minimum absolute atomic E-state index is 0.302. The van der Waals surface area contributed by atoms with Crippen LogP contribution in [0.15, 0.2) is 60.8 Å². The molecule has 3 rings (SSSR count). The van der Waals surface area contributed by atoms with E-state index in [1.165, 1.54) is 0 Å². The number of hydrogen-bond donors (Lipinski definition) is 2. The van der Waals surface area contributed by atoms with Crippen LogP contribution in [0, 0.1) is 11.3 Å². The predicted octanol–water partition coefficient (Wildman–Crippen LogP) is 4.01. The highest BCUT2D eigenvalue weighted by atomic mass is 16.5. The molecule has 0 aliphatic heterocycles. The SMILES string of the molecule is CCOC(=O)c1ccccc1Nc1ccnc(Nc2cccc(C#N)c2)n1. The number of hydrogen-bond acceptors (Lipinski definition) is 7. The summed E-state index contributed by atoms with van der Waals surface area (Å²) in [7, 11) is 0. The summed E-state index contributed by atoms with van der Waals surface area (Å²) in [5.74, 6) is 0.478. The minimum atomic E-state index is -0.402. The van der Waals surface area contributed by atoms with Crippen LogP contribution in [0.2, 0.25) is 0 Å². The average molecular weight is 359 g/mol. The molecule has 7 heteroatoms. The standard InChI is InChI=1S/C20H17N5O2/c1-2-27-19(26)16-8-3-4-9-17(16)24-18-10-11-22-20(25-18)23-15-7-5-6-14(12-15)13-21/h3-12H,2H2,1H3,(H2,22,23,24,25). The highest BCUT2D eigenvalue weighted by molar-refractivity contribution is 5.96. The van der Waals surface area contributed by atoms with E-state index in [9.17, 15) is 4.79 Å². The zero-order valence-electron chi connectivity index (χ0n) is 14.6. The number of para-hydroxylation sites is 1. The Morgan fingerprint density at radius 1 is 1.15 bits per heavy atom. The van der Waals surface area contributed by atoms with Crippen molar-refractivity contribution in [2.24, 2.45) is 0 Å². The van der Waals surface area contributed by atoms with Crippen LogP contribution in [0.25, 0.3) is 0 Å². The summed E-state index contributed by atoms with van der Waals surface area (Å²) in [5.41, 5.74) is 2.26. The number of anilines is 4. The van der Waals surface area contributed by atoms with Crippen molar-refractivity contribution in [2.45, 2.75) is 6.92 Å². The summed E-state index contributed by atoms with van der Waals surface area (Å²) in [4.78, 5) is 20.7. The first kappa shape index (κ1) is 17.9. The number of nitrogens with zero attached hydrogens (tertiary/aromatic N) is 3. The molecule has 0 amide bonds. The van der Waals surface area contributed by atoms with E-state index in [1.807, 2.05) is 12.1 Å². The van der Waals surface area contributed by atoms with E-state index in [1.54, 1.807) is 55.6 Å². The molecule has 0 aliphatic carbocycles.